The van der Waals surface area contributed by atoms with Crippen molar-refractivity contribution in [2.45, 2.75) is 20.8 Å². The fourth-order valence-corrected chi connectivity index (χ4v) is 2.34. The maximum atomic E-state index is 11.9. The van der Waals surface area contributed by atoms with Gasteiger partial charge < -0.3 is 15.1 Å². The molecule has 22 heavy (non-hydrogen) atoms. The molecule has 1 aromatic heterocycles. The van der Waals surface area contributed by atoms with Crippen LogP contribution >= 0.6 is 0 Å². The van der Waals surface area contributed by atoms with Gasteiger partial charge in [0.25, 0.3) is 0 Å². The van der Waals surface area contributed by atoms with Crippen LogP contribution in [0.3, 0.4) is 0 Å². The van der Waals surface area contributed by atoms with E-state index in [4.69, 9.17) is 10.2 Å². The summed E-state index contributed by atoms with van der Waals surface area (Å²) in [7, 11) is 0. The van der Waals surface area contributed by atoms with E-state index < -0.39 is 0 Å². The molecule has 1 heterocycles. The van der Waals surface area contributed by atoms with Crippen LogP contribution in [0.1, 0.15) is 25.2 Å². The molecule has 0 saturated carbocycles. The molecular formula is C18H22N2O2. The van der Waals surface area contributed by atoms with Gasteiger partial charge >= 0.3 is 0 Å². The number of carbonyl (C=O) groups excluding carboxylic acids is 1. The molecule has 1 amide bonds. The second-order valence-corrected chi connectivity index (χ2v) is 5.12. The Kier molecular flexibility index (Phi) is 5.04. The Morgan fingerprint density at radius 3 is 2.59 bits per heavy atom. The molecule has 0 atom stereocenters. The van der Waals surface area contributed by atoms with Crippen molar-refractivity contribution >= 4 is 17.7 Å². The zero-order valence-corrected chi connectivity index (χ0v) is 13.3. The second kappa shape index (κ2) is 6.98. The number of rotatable bonds is 5. The van der Waals surface area contributed by atoms with Gasteiger partial charge in [-0.25, -0.2) is 0 Å². The van der Waals surface area contributed by atoms with Crippen LogP contribution in [0.2, 0.25) is 0 Å². The van der Waals surface area contributed by atoms with Gasteiger partial charge in [0.15, 0.2) is 0 Å². The summed E-state index contributed by atoms with van der Waals surface area (Å²) in [5.74, 6) is 1.42. The fourth-order valence-electron chi connectivity index (χ4n) is 2.34. The summed E-state index contributed by atoms with van der Waals surface area (Å²) in [6.07, 6.45) is 3.25. The number of hydrogen-bond acceptors (Lipinski definition) is 3. The third-order valence-corrected chi connectivity index (χ3v) is 3.61. The van der Waals surface area contributed by atoms with E-state index in [2.05, 4.69) is 0 Å². The van der Waals surface area contributed by atoms with E-state index in [-0.39, 0.29) is 5.91 Å². The van der Waals surface area contributed by atoms with Crippen LogP contribution in [0.25, 0.3) is 17.4 Å². The van der Waals surface area contributed by atoms with Gasteiger partial charge in [-0.2, -0.15) is 0 Å². The highest BCUT2D eigenvalue weighted by Crippen LogP contribution is 2.27. The van der Waals surface area contributed by atoms with Gasteiger partial charge in [0.05, 0.1) is 0 Å². The van der Waals surface area contributed by atoms with E-state index in [9.17, 15) is 4.79 Å². The Balaban J connectivity index is 2.16. The van der Waals surface area contributed by atoms with Gasteiger partial charge in [0, 0.05) is 30.4 Å². The minimum absolute atomic E-state index is 0.00776. The third-order valence-electron chi connectivity index (χ3n) is 3.61. The van der Waals surface area contributed by atoms with E-state index in [1.165, 1.54) is 0 Å². The molecule has 0 radical (unpaired) electrons. The Bertz CT molecular complexity index is 682. The molecule has 4 nitrogen and oxygen atoms in total. The molecular weight excluding hydrogens is 276 g/mol. The Hall–Kier alpha value is -2.49. The zero-order valence-electron chi connectivity index (χ0n) is 13.3. The van der Waals surface area contributed by atoms with E-state index in [1.54, 1.807) is 17.1 Å². The van der Waals surface area contributed by atoms with Gasteiger partial charge in [-0.15, -0.1) is 0 Å². The van der Waals surface area contributed by atoms with Crippen molar-refractivity contribution in [1.29, 1.82) is 0 Å². The lowest BCUT2D eigenvalue weighted by molar-refractivity contribution is -0.125. The number of amides is 1. The monoisotopic (exact) mass is 298 g/mol. The standard InChI is InChI=1S/C18H22N2O2/c1-4-20(5-2)18(21)11-8-15-7-10-17(22-15)16-9-6-14(19)12-13(16)3/h6-12H,4-5,19H2,1-3H3/b11-8+. The number of likely N-dealkylation sites (N-methyl/N-ethyl adjacent to an activating group) is 1. The summed E-state index contributed by atoms with van der Waals surface area (Å²) in [6.45, 7) is 7.32. The van der Waals surface area contributed by atoms with Gasteiger partial charge in [-0.05, 0) is 62.7 Å². The number of nitrogen functional groups attached to an aromatic ring is 1. The van der Waals surface area contributed by atoms with Crippen molar-refractivity contribution in [3.63, 3.8) is 0 Å². The molecule has 2 aromatic rings. The summed E-state index contributed by atoms with van der Waals surface area (Å²) < 4.78 is 5.79. The third kappa shape index (κ3) is 3.58. The lowest BCUT2D eigenvalue weighted by Crippen LogP contribution is -2.28. The summed E-state index contributed by atoms with van der Waals surface area (Å²) in [4.78, 5) is 13.7. The quantitative estimate of drug-likeness (QED) is 0.676. The normalized spacial score (nSPS) is 11.0. The van der Waals surface area contributed by atoms with Gasteiger partial charge in [-0.1, -0.05) is 0 Å². The maximum absolute atomic E-state index is 11.9. The van der Waals surface area contributed by atoms with Crippen LogP contribution in [0.4, 0.5) is 5.69 Å². The minimum Gasteiger partial charge on any atom is -0.457 e. The number of aryl methyl sites for hydroxylation is 1. The van der Waals surface area contributed by atoms with Crippen LogP contribution in [0.5, 0.6) is 0 Å². The Labute approximate surface area is 131 Å². The molecule has 116 valence electrons. The molecule has 2 rings (SSSR count). The summed E-state index contributed by atoms with van der Waals surface area (Å²) in [5.41, 5.74) is 8.56. The number of carbonyl (C=O) groups is 1. The molecule has 0 saturated heterocycles. The lowest BCUT2D eigenvalue weighted by Gasteiger charge is -2.15. The van der Waals surface area contributed by atoms with Crippen molar-refractivity contribution in [3.8, 4) is 11.3 Å². The Morgan fingerprint density at radius 1 is 1.23 bits per heavy atom. The number of nitrogens with zero attached hydrogens (tertiary/aromatic N) is 1. The molecule has 0 aliphatic carbocycles. The van der Waals surface area contributed by atoms with E-state index in [0.29, 0.717) is 18.8 Å². The zero-order chi connectivity index (χ0) is 16.1. The molecule has 0 aliphatic heterocycles. The molecule has 4 heteroatoms. The molecule has 0 spiro atoms. The number of nitrogens with two attached hydrogens (primary N) is 1. The highest BCUT2D eigenvalue weighted by molar-refractivity contribution is 5.91. The molecule has 2 N–H and O–H groups in total. The molecule has 0 fully saturated rings. The van der Waals surface area contributed by atoms with Crippen LogP contribution in [0, 0.1) is 6.92 Å². The van der Waals surface area contributed by atoms with Crippen molar-refractivity contribution in [2.24, 2.45) is 0 Å². The SMILES string of the molecule is CCN(CC)C(=O)/C=C/c1ccc(-c2ccc(N)cc2C)o1. The van der Waals surface area contributed by atoms with Crippen LogP contribution in [-0.2, 0) is 4.79 Å². The van der Waals surface area contributed by atoms with Gasteiger partial charge in [-0.3, -0.25) is 4.79 Å². The molecule has 0 bridgehead atoms. The topological polar surface area (TPSA) is 59.5 Å². The summed E-state index contributed by atoms with van der Waals surface area (Å²) in [6, 6.07) is 9.47. The average Bonchev–Trinajstić information content (AvgIpc) is 2.95. The predicted molar refractivity (Wildman–Crippen MR) is 90.3 cm³/mol. The number of furan rings is 1. The van der Waals surface area contributed by atoms with Crippen molar-refractivity contribution in [3.05, 3.63) is 47.7 Å². The van der Waals surface area contributed by atoms with E-state index in [0.717, 1.165) is 22.6 Å². The largest absolute Gasteiger partial charge is 0.457 e. The van der Waals surface area contributed by atoms with Gasteiger partial charge in [0.1, 0.15) is 11.5 Å². The summed E-state index contributed by atoms with van der Waals surface area (Å²) >= 11 is 0. The van der Waals surface area contributed by atoms with Crippen LogP contribution in [0.15, 0.2) is 40.8 Å². The van der Waals surface area contributed by atoms with Crippen LogP contribution < -0.4 is 5.73 Å². The maximum Gasteiger partial charge on any atom is 0.246 e. The number of hydrogen-bond donors (Lipinski definition) is 1. The fraction of sp³-hybridized carbons (Fsp3) is 0.278. The van der Waals surface area contributed by atoms with Gasteiger partial charge in [0.2, 0.25) is 5.91 Å². The first kappa shape index (κ1) is 15.9. The van der Waals surface area contributed by atoms with Crippen molar-refractivity contribution in [2.75, 3.05) is 18.8 Å². The van der Waals surface area contributed by atoms with Crippen molar-refractivity contribution < 1.29 is 9.21 Å². The number of benzene rings is 1. The van der Waals surface area contributed by atoms with Crippen molar-refractivity contribution in [1.82, 2.24) is 4.90 Å². The first-order chi connectivity index (χ1) is 10.5. The van der Waals surface area contributed by atoms with Crippen LogP contribution in [-0.4, -0.2) is 23.9 Å². The lowest BCUT2D eigenvalue weighted by atomic mass is 10.1. The molecule has 0 aliphatic rings. The predicted octanol–water partition coefficient (Wildman–Crippen LogP) is 3.72. The average molecular weight is 298 g/mol. The second-order valence-electron chi connectivity index (χ2n) is 5.12. The highest BCUT2D eigenvalue weighted by atomic mass is 16.3. The van der Waals surface area contributed by atoms with E-state index in [1.807, 2.05) is 51.1 Å². The molecule has 0 unspecified atom stereocenters. The summed E-state index contributed by atoms with van der Waals surface area (Å²) in [5, 5.41) is 0. The smallest absolute Gasteiger partial charge is 0.246 e. The minimum atomic E-state index is -0.00776. The highest BCUT2D eigenvalue weighted by Gasteiger charge is 2.08. The van der Waals surface area contributed by atoms with E-state index >= 15 is 0 Å². The first-order valence-electron chi connectivity index (χ1n) is 7.48. The number of anilines is 1. The molecule has 1 aromatic carbocycles. The Morgan fingerprint density at radius 2 is 1.95 bits per heavy atom. The first-order valence-corrected chi connectivity index (χ1v) is 7.48.